The van der Waals surface area contributed by atoms with Gasteiger partial charge in [0.05, 0.1) is 0 Å². The molecule has 0 heterocycles. The Morgan fingerprint density at radius 2 is 1.05 bits per heavy atom. The number of rotatable bonds is 9. The molecule has 0 aromatic heterocycles. The molecule has 0 N–H and O–H groups in total. The van der Waals surface area contributed by atoms with Gasteiger partial charge in [-0.1, -0.05) is 46.6 Å². The zero-order valence-electron chi connectivity index (χ0n) is 14.1. The van der Waals surface area contributed by atoms with Crippen molar-refractivity contribution < 1.29 is 0 Å². The largest absolute Gasteiger partial charge is 0.0856 e. The Hall–Kier alpha value is -1.04. The lowest BCUT2D eigenvalue weighted by Crippen LogP contribution is -1.82. The first-order valence-corrected chi connectivity index (χ1v) is 7.77. The highest BCUT2D eigenvalue weighted by atomic mass is 14.0. The van der Waals surface area contributed by atoms with E-state index in [-0.39, 0.29) is 0 Å². The van der Waals surface area contributed by atoms with Crippen LogP contribution in [0.3, 0.4) is 0 Å². The van der Waals surface area contributed by atoms with Crippen molar-refractivity contribution in [2.45, 2.75) is 73.1 Å². The van der Waals surface area contributed by atoms with Gasteiger partial charge in [0.2, 0.25) is 0 Å². The third kappa shape index (κ3) is 12.0. The quantitative estimate of drug-likeness (QED) is 0.403. The van der Waals surface area contributed by atoms with Crippen molar-refractivity contribution in [2.24, 2.45) is 0 Å². The van der Waals surface area contributed by atoms with Crippen LogP contribution in [0.15, 0.2) is 46.6 Å². The van der Waals surface area contributed by atoms with Crippen LogP contribution in [0.5, 0.6) is 0 Å². The fourth-order valence-electron chi connectivity index (χ4n) is 1.97. The van der Waals surface area contributed by atoms with E-state index in [4.69, 9.17) is 6.92 Å². The van der Waals surface area contributed by atoms with Crippen LogP contribution in [-0.2, 0) is 0 Å². The van der Waals surface area contributed by atoms with Crippen LogP contribution in [0.2, 0.25) is 0 Å². The highest BCUT2D eigenvalue weighted by molar-refractivity contribution is 5.07. The molecular formula is C20H32. The van der Waals surface area contributed by atoms with Crippen LogP contribution in [0.25, 0.3) is 0 Å². The first-order chi connectivity index (χ1) is 9.45. The lowest BCUT2D eigenvalue weighted by molar-refractivity contribution is 0.900. The summed E-state index contributed by atoms with van der Waals surface area (Å²) in [5.41, 5.74) is 5.68. The SMILES string of the molecule is [CH]C=C(C)CCC=C(C)CCC=C(C)CCC=C(C)C. The van der Waals surface area contributed by atoms with Crippen molar-refractivity contribution in [2.75, 3.05) is 0 Å². The summed E-state index contributed by atoms with van der Waals surface area (Å²) in [5.74, 6) is 0. The van der Waals surface area contributed by atoms with E-state index < -0.39 is 0 Å². The molecule has 20 heavy (non-hydrogen) atoms. The Bertz CT molecular complexity index is 371. The summed E-state index contributed by atoms with van der Waals surface area (Å²) in [6, 6.07) is 0. The summed E-state index contributed by atoms with van der Waals surface area (Å²) in [4.78, 5) is 0. The monoisotopic (exact) mass is 272 g/mol. The molecule has 0 nitrogen and oxygen atoms in total. The fourth-order valence-corrected chi connectivity index (χ4v) is 1.97. The fraction of sp³-hybridized carbons (Fsp3) is 0.550. The summed E-state index contributed by atoms with van der Waals surface area (Å²) in [5, 5.41) is 0. The molecule has 0 saturated heterocycles. The van der Waals surface area contributed by atoms with Gasteiger partial charge in [0.1, 0.15) is 0 Å². The van der Waals surface area contributed by atoms with E-state index >= 15 is 0 Å². The van der Waals surface area contributed by atoms with Crippen LogP contribution in [-0.4, -0.2) is 0 Å². The molecule has 0 aromatic carbocycles. The second-order valence-electron chi connectivity index (χ2n) is 6.01. The minimum Gasteiger partial charge on any atom is -0.0856 e. The summed E-state index contributed by atoms with van der Waals surface area (Å²) in [6.07, 6.45) is 15.6. The molecular weight excluding hydrogens is 240 g/mol. The third-order valence-electron chi connectivity index (χ3n) is 3.44. The van der Waals surface area contributed by atoms with E-state index in [1.54, 1.807) is 6.08 Å². The third-order valence-corrected chi connectivity index (χ3v) is 3.44. The van der Waals surface area contributed by atoms with Gasteiger partial charge in [0.15, 0.2) is 0 Å². The summed E-state index contributed by atoms with van der Waals surface area (Å²) in [6.45, 7) is 16.3. The van der Waals surface area contributed by atoms with Gasteiger partial charge in [-0.15, -0.1) is 0 Å². The zero-order valence-corrected chi connectivity index (χ0v) is 14.1. The van der Waals surface area contributed by atoms with Gasteiger partial charge >= 0.3 is 0 Å². The standard InChI is InChI=1S/C20H32/c1-7-18(4)12-9-14-20(6)16-10-15-19(5)13-8-11-17(2)3/h1,7,11,14-15H,8-10,12-13,16H2,2-6H3. The molecule has 0 amide bonds. The van der Waals surface area contributed by atoms with Crippen LogP contribution in [0.4, 0.5) is 0 Å². The number of hydrogen-bond donors (Lipinski definition) is 0. The molecule has 0 aromatic rings. The number of allylic oxidation sites excluding steroid dienone is 8. The lowest BCUT2D eigenvalue weighted by atomic mass is 10.0. The Morgan fingerprint density at radius 1 is 0.650 bits per heavy atom. The van der Waals surface area contributed by atoms with Gasteiger partial charge < -0.3 is 0 Å². The van der Waals surface area contributed by atoms with Crippen molar-refractivity contribution in [3.63, 3.8) is 0 Å². The predicted octanol–water partition coefficient (Wildman–Crippen LogP) is 6.84. The molecule has 0 fully saturated rings. The zero-order chi connectivity index (χ0) is 15.4. The molecule has 0 unspecified atom stereocenters. The van der Waals surface area contributed by atoms with Gasteiger partial charge in [-0.05, 0) is 80.1 Å². The average Bonchev–Trinajstić information content (AvgIpc) is 2.38. The maximum Gasteiger partial charge on any atom is -0.00930 e. The molecule has 0 aliphatic rings. The van der Waals surface area contributed by atoms with Crippen LogP contribution in [0.1, 0.15) is 73.1 Å². The second-order valence-corrected chi connectivity index (χ2v) is 6.01. The molecule has 0 aliphatic carbocycles. The van der Waals surface area contributed by atoms with Crippen molar-refractivity contribution in [3.8, 4) is 0 Å². The Kier molecular flexibility index (Phi) is 11.1. The Labute approximate surface area is 127 Å². The van der Waals surface area contributed by atoms with Crippen molar-refractivity contribution in [3.05, 3.63) is 53.5 Å². The van der Waals surface area contributed by atoms with E-state index in [0.29, 0.717) is 0 Å². The van der Waals surface area contributed by atoms with Gasteiger partial charge in [0, 0.05) is 0 Å². The topological polar surface area (TPSA) is 0 Å². The maximum absolute atomic E-state index is 5.47. The maximum atomic E-state index is 5.47. The molecule has 0 atom stereocenters. The normalized spacial score (nSPS) is 13.6. The molecule has 0 heteroatoms. The lowest BCUT2D eigenvalue weighted by Gasteiger charge is -2.02. The molecule has 2 radical (unpaired) electrons. The van der Waals surface area contributed by atoms with E-state index in [1.807, 2.05) is 0 Å². The summed E-state index contributed by atoms with van der Waals surface area (Å²) < 4.78 is 0. The van der Waals surface area contributed by atoms with E-state index in [9.17, 15) is 0 Å². The van der Waals surface area contributed by atoms with Gasteiger partial charge in [-0.2, -0.15) is 0 Å². The van der Waals surface area contributed by atoms with Crippen molar-refractivity contribution >= 4 is 0 Å². The Morgan fingerprint density at radius 3 is 1.45 bits per heavy atom. The predicted molar refractivity (Wildman–Crippen MR) is 92.7 cm³/mol. The average molecular weight is 272 g/mol. The van der Waals surface area contributed by atoms with E-state index in [0.717, 1.165) is 19.3 Å². The molecule has 0 saturated carbocycles. The number of hydrogen-bond acceptors (Lipinski definition) is 0. The first-order valence-electron chi connectivity index (χ1n) is 7.77. The van der Waals surface area contributed by atoms with Crippen molar-refractivity contribution in [1.29, 1.82) is 0 Å². The van der Waals surface area contributed by atoms with E-state index in [2.05, 4.69) is 52.8 Å². The summed E-state index contributed by atoms with van der Waals surface area (Å²) in [7, 11) is 0. The smallest absolute Gasteiger partial charge is 0.00930 e. The van der Waals surface area contributed by atoms with Gasteiger partial charge in [-0.25, -0.2) is 0 Å². The molecule has 112 valence electrons. The highest BCUT2D eigenvalue weighted by Gasteiger charge is 1.92. The molecule has 0 rings (SSSR count). The second kappa shape index (κ2) is 11.8. The Balaban J connectivity index is 3.91. The van der Waals surface area contributed by atoms with Crippen molar-refractivity contribution in [1.82, 2.24) is 0 Å². The molecule has 0 bridgehead atoms. The molecule has 0 aliphatic heterocycles. The van der Waals surface area contributed by atoms with Crippen LogP contribution in [0, 0.1) is 6.92 Å². The highest BCUT2D eigenvalue weighted by Crippen LogP contribution is 2.13. The van der Waals surface area contributed by atoms with Crippen LogP contribution >= 0.6 is 0 Å². The van der Waals surface area contributed by atoms with Gasteiger partial charge in [-0.3, -0.25) is 0 Å². The summed E-state index contributed by atoms with van der Waals surface area (Å²) >= 11 is 0. The van der Waals surface area contributed by atoms with Crippen LogP contribution < -0.4 is 0 Å². The van der Waals surface area contributed by atoms with E-state index in [1.165, 1.54) is 41.6 Å². The van der Waals surface area contributed by atoms with Gasteiger partial charge in [0.25, 0.3) is 0 Å². The minimum atomic E-state index is 1.07. The minimum absolute atomic E-state index is 1.07. The molecule has 0 spiro atoms. The first kappa shape index (κ1) is 19.0.